The Labute approximate surface area is 200 Å². The van der Waals surface area contributed by atoms with Crippen molar-refractivity contribution in [2.24, 2.45) is 5.92 Å². The second kappa shape index (κ2) is 12.5. The van der Waals surface area contributed by atoms with Gasteiger partial charge < -0.3 is 24.4 Å². The minimum atomic E-state index is -0.454. The van der Waals surface area contributed by atoms with Crippen LogP contribution in [0, 0.1) is 5.92 Å². The van der Waals surface area contributed by atoms with E-state index in [1.807, 2.05) is 50.4 Å². The van der Waals surface area contributed by atoms with Gasteiger partial charge in [0.2, 0.25) is 5.91 Å². The summed E-state index contributed by atoms with van der Waals surface area (Å²) >= 11 is 0. The van der Waals surface area contributed by atoms with Crippen LogP contribution >= 0.6 is 0 Å². The van der Waals surface area contributed by atoms with Crippen LogP contribution in [-0.4, -0.2) is 80.8 Å². The Morgan fingerprint density at radius 2 is 2.12 bits per heavy atom. The SMILES string of the molecule is C[C@@H]1CN([C@H](C)CO)C(=O)CCCn2cc(nn2)CO[C@H]1CN(C)C(=O)OCc1ccccc1. The zero-order valence-corrected chi connectivity index (χ0v) is 20.2. The number of carbonyl (C=O) groups is 2. The summed E-state index contributed by atoms with van der Waals surface area (Å²) in [7, 11) is 1.67. The lowest BCUT2D eigenvalue weighted by atomic mass is 10.0. The first kappa shape index (κ1) is 25.6. The Morgan fingerprint density at radius 3 is 2.85 bits per heavy atom. The van der Waals surface area contributed by atoms with Crippen LogP contribution in [0.4, 0.5) is 4.79 Å². The molecule has 1 aliphatic rings. The van der Waals surface area contributed by atoms with Crippen LogP contribution in [0.15, 0.2) is 36.5 Å². The van der Waals surface area contributed by atoms with Gasteiger partial charge in [-0.25, -0.2) is 4.79 Å². The van der Waals surface area contributed by atoms with E-state index in [-0.39, 0.29) is 50.3 Å². The topological polar surface area (TPSA) is 110 Å². The molecule has 10 heteroatoms. The number of hydrogen-bond acceptors (Lipinski definition) is 7. The third kappa shape index (κ3) is 7.26. The summed E-state index contributed by atoms with van der Waals surface area (Å²) in [5, 5.41) is 18.0. The molecule has 0 saturated heterocycles. The summed E-state index contributed by atoms with van der Waals surface area (Å²) in [5.74, 6) is -0.138. The lowest BCUT2D eigenvalue weighted by Crippen LogP contribution is -2.47. The molecular formula is C24H35N5O5. The number of nitrogens with zero attached hydrogens (tertiary/aromatic N) is 5. The average molecular weight is 474 g/mol. The molecule has 1 aliphatic heterocycles. The van der Waals surface area contributed by atoms with Crippen LogP contribution in [0.1, 0.15) is 37.9 Å². The lowest BCUT2D eigenvalue weighted by molar-refractivity contribution is -0.136. The molecule has 0 unspecified atom stereocenters. The van der Waals surface area contributed by atoms with Gasteiger partial charge in [0.1, 0.15) is 12.3 Å². The number of aliphatic hydroxyl groups excluding tert-OH is 1. The van der Waals surface area contributed by atoms with E-state index in [1.54, 1.807) is 16.6 Å². The third-order valence-electron chi connectivity index (χ3n) is 6.02. The van der Waals surface area contributed by atoms with Gasteiger partial charge in [-0.3, -0.25) is 9.48 Å². The molecule has 0 saturated carbocycles. The fourth-order valence-corrected chi connectivity index (χ4v) is 3.87. The van der Waals surface area contributed by atoms with Crippen LogP contribution in [0.25, 0.3) is 0 Å². The molecule has 2 bridgehead atoms. The molecule has 10 nitrogen and oxygen atoms in total. The van der Waals surface area contributed by atoms with Crippen LogP contribution in [-0.2, 0) is 34.0 Å². The van der Waals surface area contributed by atoms with Crippen molar-refractivity contribution in [2.45, 2.75) is 58.6 Å². The van der Waals surface area contributed by atoms with Gasteiger partial charge in [-0.1, -0.05) is 42.5 Å². The molecule has 34 heavy (non-hydrogen) atoms. The van der Waals surface area contributed by atoms with Gasteiger partial charge in [-0.2, -0.15) is 0 Å². The molecule has 0 spiro atoms. The molecule has 1 aromatic heterocycles. The van der Waals surface area contributed by atoms with Crippen molar-refractivity contribution in [3.63, 3.8) is 0 Å². The van der Waals surface area contributed by atoms with E-state index in [4.69, 9.17) is 9.47 Å². The van der Waals surface area contributed by atoms with Crippen molar-refractivity contribution in [3.8, 4) is 0 Å². The van der Waals surface area contributed by atoms with Gasteiger partial charge in [0, 0.05) is 32.5 Å². The van der Waals surface area contributed by atoms with E-state index in [1.165, 1.54) is 4.90 Å². The van der Waals surface area contributed by atoms with Gasteiger partial charge in [-0.05, 0) is 18.9 Å². The maximum absolute atomic E-state index is 12.9. The Kier molecular flexibility index (Phi) is 9.41. The second-order valence-corrected chi connectivity index (χ2v) is 8.90. The number of aliphatic hydroxyl groups is 1. The number of ether oxygens (including phenoxy) is 2. The van der Waals surface area contributed by atoms with Crippen LogP contribution in [0.2, 0.25) is 0 Å². The van der Waals surface area contributed by atoms with E-state index in [0.29, 0.717) is 31.6 Å². The molecule has 1 N–H and O–H groups in total. The van der Waals surface area contributed by atoms with E-state index in [9.17, 15) is 14.7 Å². The van der Waals surface area contributed by atoms with Crippen molar-refractivity contribution in [3.05, 3.63) is 47.8 Å². The molecule has 0 aliphatic carbocycles. The number of likely N-dealkylation sites (N-methyl/N-ethyl adjacent to an activating group) is 1. The molecule has 3 rings (SSSR count). The summed E-state index contributed by atoms with van der Waals surface area (Å²) in [6.07, 6.45) is 1.95. The zero-order valence-electron chi connectivity index (χ0n) is 20.2. The highest BCUT2D eigenvalue weighted by atomic mass is 16.6. The van der Waals surface area contributed by atoms with Gasteiger partial charge in [-0.15, -0.1) is 5.10 Å². The first-order valence-electron chi connectivity index (χ1n) is 11.7. The molecule has 2 heterocycles. The Hall–Kier alpha value is -2.98. The summed E-state index contributed by atoms with van der Waals surface area (Å²) in [4.78, 5) is 28.7. The fourth-order valence-electron chi connectivity index (χ4n) is 3.87. The van der Waals surface area contributed by atoms with E-state index in [2.05, 4.69) is 10.3 Å². The molecule has 1 aromatic carbocycles. The fraction of sp³-hybridized carbons (Fsp3) is 0.583. The predicted octanol–water partition coefficient (Wildman–Crippen LogP) is 2.07. The standard InChI is InChI=1S/C24H35N5O5/c1-18-12-29(19(2)15-30)23(31)10-7-11-28-13-21(25-26-28)17-33-22(18)14-27(3)24(32)34-16-20-8-5-4-6-9-20/h4-6,8-9,13,18-19,22,30H,7,10-12,14-17H2,1-3H3/t18-,19-,22+/m1/s1. The third-order valence-corrected chi connectivity index (χ3v) is 6.02. The van der Waals surface area contributed by atoms with Crippen molar-refractivity contribution in [1.82, 2.24) is 24.8 Å². The smallest absolute Gasteiger partial charge is 0.409 e. The number of amides is 2. The van der Waals surface area contributed by atoms with Gasteiger partial charge in [0.05, 0.1) is 38.1 Å². The number of carbonyl (C=O) groups excluding carboxylic acids is 2. The molecule has 0 radical (unpaired) electrons. The number of hydrogen-bond donors (Lipinski definition) is 1. The summed E-state index contributed by atoms with van der Waals surface area (Å²) in [6, 6.07) is 9.18. The minimum Gasteiger partial charge on any atom is -0.445 e. The number of rotatable bonds is 6. The Morgan fingerprint density at radius 1 is 1.35 bits per heavy atom. The van der Waals surface area contributed by atoms with E-state index in [0.717, 1.165) is 5.56 Å². The number of benzene rings is 1. The summed E-state index contributed by atoms with van der Waals surface area (Å²) in [5.41, 5.74) is 1.60. The number of fused-ring (bicyclic) bond motifs is 2. The average Bonchev–Trinajstić information content (AvgIpc) is 3.30. The van der Waals surface area contributed by atoms with Gasteiger partial charge in [0.15, 0.2) is 0 Å². The first-order chi connectivity index (χ1) is 16.4. The second-order valence-electron chi connectivity index (χ2n) is 8.90. The van der Waals surface area contributed by atoms with Crippen molar-refractivity contribution in [1.29, 1.82) is 0 Å². The first-order valence-corrected chi connectivity index (χ1v) is 11.7. The molecule has 3 atom stereocenters. The maximum atomic E-state index is 12.9. The number of aryl methyl sites for hydroxylation is 1. The minimum absolute atomic E-state index is 0.0256. The highest BCUT2D eigenvalue weighted by molar-refractivity contribution is 5.76. The molecular weight excluding hydrogens is 438 g/mol. The van der Waals surface area contributed by atoms with Gasteiger partial charge in [0.25, 0.3) is 0 Å². The lowest BCUT2D eigenvalue weighted by Gasteiger charge is -2.35. The maximum Gasteiger partial charge on any atom is 0.409 e. The quantitative estimate of drug-likeness (QED) is 0.684. The van der Waals surface area contributed by atoms with Crippen LogP contribution in [0.3, 0.4) is 0 Å². The summed E-state index contributed by atoms with van der Waals surface area (Å²) < 4.78 is 13.3. The molecule has 186 valence electrons. The highest BCUT2D eigenvalue weighted by Gasteiger charge is 2.29. The Balaban J connectivity index is 1.70. The monoisotopic (exact) mass is 473 g/mol. The Bertz CT molecular complexity index is 921. The molecule has 0 fully saturated rings. The molecule has 2 aromatic rings. The van der Waals surface area contributed by atoms with Crippen LogP contribution < -0.4 is 0 Å². The number of aromatic nitrogens is 3. The van der Waals surface area contributed by atoms with Crippen LogP contribution in [0.5, 0.6) is 0 Å². The van der Waals surface area contributed by atoms with Crippen molar-refractivity contribution >= 4 is 12.0 Å². The van der Waals surface area contributed by atoms with E-state index < -0.39 is 6.09 Å². The zero-order chi connectivity index (χ0) is 24.5. The van der Waals surface area contributed by atoms with Gasteiger partial charge >= 0.3 is 6.09 Å². The van der Waals surface area contributed by atoms with Crippen molar-refractivity contribution in [2.75, 3.05) is 26.7 Å². The summed E-state index contributed by atoms with van der Waals surface area (Å²) in [6.45, 7) is 5.37. The molecule has 2 amide bonds. The van der Waals surface area contributed by atoms with E-state index >= 15 is 0 Å². The predicted molar refractivity (Wildman–Crippen MR) is 125 cm³/mol. The normalized spacial score (nSPS) is 20.6. The largest absolute Gasteiger partial charge is 0.445 e. The van der Waals surface area contributed by atoms with Crippen molar-refractivity contribution < 1.29 is 24.2 Å². The highest BCUT2D eigenvalue weighted by Crippen LogP contribution is 2.18.